The van der Waals surface area contributed by atoms with Gasteiger partial charge in [0.2, 0.25) is 0 Å². The van der Waals surface area contributed by atoms with E-state index >= 15 is 0 Å². The zero-order chi connectivity index (χ0) is 14.0. The third-order valence-corrected chi connectivity index (χ3v) is 4.63. The summed E-state index contributed by atoms with van der Waals surface area (Å²) in [5, 5.41) is 0.396. The van der Waals surface area contributed by atoms with Crippen LogP contribution >= 0.6 is 11.8 Å². The highest BCUT2D eigenvalue weighted by molar-refractivity contribution is 8.00. The van der Waals surface area contributed by atoms with Gasteiger partial charge in [-0.05, 0) is 24.6 Å². The summed E-state index contributed by atoms with van der Waals surface area (Å²) in [6.07, 6.45) is -3.39. The number of nitrogen functional groups attached to an aromatic ring is 1. The number of alkyl halides is 3. The molecule has 1 heterocycles. The van der Waals surface area contributed by atoms with E-state index in [4.69, 9.17) is 5.73 Å². The highest BCUT2D eigenvalue weighted by Crippen LogP contribution is 2.39. The number of thioether (sulfide) groups is 1. The van der Waals surface area contributed by atoms with Crippen LogP contribution in [0.5, 0.6) is 0 Å². The fourth-order valence-corrected chi connectivity index (χ4v) is 3.42. The highest BCUT2D eigenvalue weighted by atomic mass is 32.2. The van der Waals surface area contributed by atoms with Crippen LogP contribution in [-0.4, -0.2) is 24.1 Å². The van der Waals surface area contributed by atoms with Gasteiger partial charge in [0.05, 0.1) is 5.56 Å². The molecule has 1 fully saturated rings. The molecule has 0 radical (unpaired) electrons. The molecular formula is C13H17F3N2S. The fourth-order valence-electron chi connectivity index (χ4n) is 2.24. The van der Waals surface area contributed by atoms with E-state index in [2.05, 4.69) is 6.92 Å². The van der Waals surface area contributed by atoms with Crippen LogP contribution in [0.15, 0.2) is 18.2 Å². The molecule has 0 spiro atoms. The Kier molecular flexibility index (Phi) is 4.18. The molecule has 1 aliphatic rings. The first-order chi connectivity index (χ1) is 8.91. The maximum atomic E-state index is 13.1. The average molecular weight is 290 g/mol. The van der Waals surface area contributed by atoms with Crippen LogP contribution in [0.3, 0.4) is 0 Å². The lowest BCUT2D eigenvalue weighted by atomic mass is 10.1. The molecule has 1 unspecified atom stereocenters. The van der Waals surface area contributed by atoms with Crippen LogP contribution < -0.4 is 10.6 Å². The van der Waals surface area contributed by atoms with E-state index in [0.717, 1.165) is 18.2 Å². The van der Waals surface area contributed by atoms with Crippen molar-refractivity contribution in [3.05, 3.63) is 23.8 Å². The Morgan fingerprint density at radius 1 is 1.42 bits per heavy atom. The second-order valence-electron chi connectivity index (χ2n) is 4.62. The largest absolute Gasteiger partial charge is 0.418 e. The van der Waals surface area contributed by atoms with Crippen molar-refractivity contribution in [1.82, 2.24) is 0 Å². The van der Waals surface area contributed by atoms with Crippen LogP contribution in [0, 0.1) is 0 Å². The lowest BCUT2D eigenvalue weighted by Crippen LogP contribution is -2.38. The van der Waals surface area contributed by atoms with Crippen molar-refractivity contribution in [1.29, 1.82) is 0 Å². The molecule has 1 aromatic carbocycles. The molecule has 6 heteroatoms. The SMILES string of the molecule is CCC1CN(c2ccc(N)cc2C(F)(F)F)CCS1. The van der Waals surface area contributed by atoms with Crippen molar-refractivity contribution < 1.29 is 13.2 Å². The Balaban J connectivity index is 2.33. The summed E-state index contributed by atoms with van der Waals surface area (Å²) in [6, 6.07) is 4.05. The van der Waals surface area contributed by atoms with Gasteiger partial charge < -0.3 is 10.6 Å². The molecule has 0 saturated carbocycles. The number of benzene rings is 1. The van der Waals surface area contributed by atoms with E-state index < -0.39 is 11.7 Å². The highest BCUT2D eigenvalue weighted by Gasteiger charge is 2.36. The van der Waals surface area contributed by atoms with Crippen molar-refractivity contribution in [3.8, 4) is 0 Å². The number of nitrogens with two attached hydrogens (primary N) is 1. The van der Waals surface area contributed by atoms with E-state index in [1.54, 1.807) is 0 Å². The lowest BCUT2D eigenvalue weighted by Gasteiger charge is -2.35. The van der Waals surface area contributed by atoms with Crippen molar-refractivity contribution in [2.24, 2.45) is 0 Å². The maximum Gasteiger partial charge on any atom is 0.418 e. The van der Waals surface area contributed by atoms with E-state index in [9.17, 15) is 13.2 Å². The minimum absolute atomic E-state index is 0.148. The second-order valence-corrected chi connectivity index (χ2v) is 6.03. The summed E-state index contributed by atoms with van der Waals surface area (Å²) in [4.78, 5) is 1.83. The molecule has 1 atom stereocenters. The molecular weight excluding hydrogens is 273 g/mol. The van der Waals surface area contributed by atoms with Gasteiger partial charge in [0.1, 0.15) is 0 Å². The molecule has 19 heavy (non-hydrogen) atoms. The van der Waals surface area contributed by atoms with Gasteiger partial charge >= 0.3 is 6.18 Å². The number of hydrogen-bond donors (Lipinski definition) is 1. The Morgan fingerprint density at radius 3 is 2.79 bits per heavy atom. The van der Waals surface area contributed by atoms with Gasteiger partial charge in [-0.3, -0.25) is 0 Å². The number of rotatable bonds is 2. The van der Waals surface area contributed by atoms with E-state index in [1.165, 1.54) is 12.1 Å². The van der Waals surface area contributed by atoms with Gasteiger partial charge in [0, 0.05) is 35.5 Å². The average Bonchev–Trinajstić information content (AvgIpc) is 2.37. The van der Waals surface area contributed by atoms with Gasteiger partial charge in [0.15, 0.2) is 0 Å². The third-order valence-electron chi connectivity index (χ3n) is 3.26. The van der Waals surface area contributed by atoms with Gasteiger partial charge in [-0.2, -0.15) is 24.9 Å². The molecule has 0 amide bonds. The minimum atomic E-state index is -4.36. The number of anilines is 2. The summed E-state index contributed by atoms with van der Waals surface area (Å²) in [5.74, 6) is 0.861. The second kappa shape index (κ2) is 5.53. The van der Waals surface area contributed by atoms with Gasteiger partial charge in [-0.25, -0.2) is 0 Å². The molecule has 2 rings (SSSR count). The van der Waals surface area contributed by atoms with Gasteiger partial charge in [0.25, 0.3) is 0 Å². The van der Waals surface area contributed by atoms with E-state index in [1.807, 2.05) is 16.7 Å². The first-order valence-electron chi connectivity index (χ1n) is 6.25. The molecule has 0 aromatic heterocycles. The quantitative estimate of drug-likeness (QED) is 0.844. The van der Waals surface area contributed by atoms with E-state index in [0.29, 0.717) is 18.3 Å². The Morgan fingerprint density at radius 2 is 2.16 bits per heavy atom. The van der Waals surface area contributed by atoms with Crippen LogP contribution in [0.25, 0.3) is 0 Å². The smallest absolute Gasteiger partial charge is 0.399 e. The minimum Gasteiger partial charge on any atom is -0.399 e. The van der Waals surface area contributed by atoms with Crippen molar-refractivity contribution in [2.75, 3.05) is 29.5 Å². The summed E-state index contributed by atoms with van der Waals surface area (Å²) < 4.78 is 39.2. The van der Waals surface area contributed by atoms with Crippen LogP contribution in [-0.2, 0) is 6.18 Å². The molecule has 1 aliphatic heterocycles. The normalized spacial score (nSPS) is 20.6. The molecule has 2 N–H and O–H groups in total. The molecule has 0 aliphatic carbocycles. The van der Waals surface area contributed by atoms with Gasteiger partial charge in [-0.15, -0.1) is 0 Å². The molecule has 1 aromatic rings. The Bertz CT molecular complexity index is 448. The van der Waals surface area contributed by atoms with Crippen molar-refractivity contribution in [3.63, 3.8) is 0 Å². The maximum absolute atomic E-state index is 13.1. The predicted octanol–water partition coefficient (Wildman–Crippen LogP) is 3.62. The standard InChI is InChI=1S/C13H17F3N2S/c1-2-10-8-18(5-6-19-10)12-4-3-9(17)7-11(12)13(14,15)16/h3-4,7,10H,2,5-6,8,17H2,1H3. The summed E-state index contributed by atoms with van der Waals surface area (Å²) in [5.41, 5.74) is 5.25. The molecule has 2 nitrogen and oxygen atoms in total. The Hall–Kier alpha value is -1.04. The summed E-state index contributed by atoms with van der Waals surface area (Å²) >= 11 is 1.83. The zero-order valence-corrected chi connectivity index (χ0v) is 11.5. The third kappa shape index (κ3) is 3.29. The predicted molar refractivity (Wildman–Crippen MR) is 74.6 cm³/mol. The van der Waals surface area contributed by atoms with Crippen LogP contribution in [0.4, 0.5) is 24.5 Å². The first-order valence-corrected chi connectivity index (χ1v) is 7.30. The first kappa shape index (κ1) is 14.4. The number of hydrogen-bond acceptors (Lipinski definition) is 3. The van der Waals surface area contributed by atoms with Gasteiger partial charge in [-0.1, -0.05) is 6.92 Å². The fraction of sp³-hybridized carbons (Fsp3) is 0.538. The van der Waals surface area contributed by atoms with Crippen molar-refractivity contribution >= 4 is 23.1 Å². The van der Waals surface area contributed by atoms with Crippen LogP contribution in [0.1, 0.15) is 18.9 Å². The van der Waals surface area contributed by atoms with Crippen LogP contribution in [0.2, 0.25) is 0 Å². The number of nitrogens with zero attached hydrogens (tertiary/aromatic N) is 1. The van der Waals surface area contributed by atoms with E-state index in [-0.39, 0.29) is 11.4 Å². The molecule has 106 valence electrons. The lowest BCUT2D eigenvalue weighted by molar-refractivity contribution is -0.137. The topological polar surface area (TPSA) is 29.3 Å². The van der Waals surface area contributed by atoms with Crippen molar-refractivity contribution in [2.45, 2.75) is 24.8 Å². The summed E-state index contributed by atoms with van der Waals surface area (Å²) in [6.45, 7) is 3.37. The Labute approximate surface area is 115 Å². The molecule has 0 bridgehead atoms. The number of halogens is 3. The zero-order valence-electron chi connectivity index (χ0n) is 10.7. The summed E-state index contributed by atoms with van der Waals surface area (Å²) in [7, 11) is 0. The molecule has 1 saturated heterocycles. The monoisotopic (exact) mass is 290 g/mol.